The number of azo groups is 1. The second-order valence-electron chi connectivity index (χ2n) is 4.04. The summed E-state index contributed by atoms with van der Waals surface area (Å²) in [6.45, 7) is 5.11. The third kappa shape index (κ3) is 6.68. The Bertz CT molecular complexity index is 300. The molecule has 0 aliphatic heterocycles. The molecular weight excluding hydrogens is 222 g/mol. The van der Waals surface area contributed by atoms with Gasteiger partial charge >= 0.3 is 0 Å². The minimum absolute atomic E-state index is 0.350. The first-order chi connectivity index (χ1) is 7.88. The van der Waals surface area contributed by atoms with Crippen LogP contribution < -0.4 is 5.73 Å². The molecule has 0 aliphatic rings. The van der Waals surface area contributed by atoms with Crippen molar-refractivity contribution >= 4 is 5.91 Å². The topological polar surface area (TPSA) is 102 Å². The van der Waals surface area contributed by atoms with Crippen LogP contribution in [0.3, 0.4) is 0 Å². The monoisotopic (exact) mass is 243 g/mol. The van der Waals surface area contributed by atoms with Crippen molar-refractivity contribution < 1.29 is 14.8 Å². The third-order valence-corrected chi connectivity index (χ3v) is 2.41. The Morgan fingerprint density at radius 3 is 2.59 bits per heavy atom. The number of hydroxylamine groups is 1. The van der Waals surface area contributed by atoms with Gasteiger partial charge in [0.15, 0.2) is 0 Å². The van der Waals surface area contributed by atoms with Crippen molar-refractivity contribution in [3.8, 4) is 0 Å². The molecule has 3 N–H and O–H groups in total. The van der Waals surface area contributed by atoms with E-state index in [9.17, 15) is 10.0 Å². The molecule has 17 heavy (non-hydrogen) atoms. The average Bonchev–Trinajstić information content (AvgIpc) is 2.23. The highest BCUT2D eigenvalue weighted by atomic mass is 16.5. The summed E-state index contributed by atoms with van der Waals surface area (Å²) in [7, 11) is 0. The fourth-order valence-electron chi connectivity index (χ4n) is 1.14. The van der Waals surface area contributed by atoms with E-state index in [-0.39, 0.29) is 0 Å². The summed E-state index contributed by atoms with van der Waals surface area (Å²) in [5, 5.41) is 24.1. The number of hydrogen-bond donors (Lipinski definition) is 2. The molecule has 0 bridgehead atoms. The second kappa shape index (κ2) is 7.78. The van der Waals surface area contributed by atoms with E-state index in [1.807, 2.05) is 6.92 Å². The molecule has 3 unspecified atom stereocenters. The standard InChI is InChI=1S/C11H21N3O3/c1-4-5-10(11(12)16)6-7-14(17)13-8(2)9(3)15/h6-10,15H,4-5H2,1-3H3,(H2,12,16)/b7-6+,14-13?. The maximum Gasteiger partial charge on any atom is 0.224 e. The molecule has 98 valence electrons. The number of aliphatic hydroxyl groups excluding tert-OH is 1. The molecule has 0 radical (unpaired) electrons. The van der Waals surface area contributed by atoms with Gasteiger partial charge in [-0.2, -0.15) is 0 Å². The number of aliphatic hydroxyl groups is 1. The van der Waals surface area contributed by atoms with Crippen molar-refractivity contribution in [1.29, 1.82) is 0 Å². The smallest absolute Gasteiger partial charge is 0.224 e. The van der Waals surface area contributed by atoms with Crippen LogP contribution in [-0.2, 0) is 4.79 Å². The summed E-state index contributed by atoms with van der Waals surface area (Å²) in [5.74, 6) is -0.909. The van der Waals surface area contributed by atoms with Crippen molar-refractivity contribution in [2.45, 2.75) is 45.8 Å². The molecule has 0 spiro atoms. The van der Waals surface area contributed by atoms with E-state index in [2.05, 4.69) is 5.11 Å². The maximum atomic E-state index is 11.3. The van der Waals surface area contributed by atoms with Gasteiger partial charge in [0.05, 0.1) is 12.0 Å². The van der Waals surface area contributed by atoms with E-state index in [4.69, 9.17) is 10.8 Å². The zero-order valence-corrected chi connectivity index (χ0v) is 10.5. The van der Waals surface area contributed by atoms with Crippen molar-refractivity contribution in [2.75, 3.05) is 0 Å². The van der Waals surface area contributed by atoms with Crippen LogP contribution in [0.5, 0.6) is 0 Å². The van der Waals surface area contributed by atoms with E-state index < -0.39 is 24.0 Å². The number of nitrogens with two attached hydrogens (primary N) is 1. The van der Waals surface area contributed by atoms with Gasteiger partial charge in [-0.05, 0) is 31.5 Å². The predicted molar refractivity (Wildman–Crippen MR) is 63.9 cm³/mol. The van der Waals surface area contributed by atoms with Gasteiger partial charge in [0.1, 0.15) is 6.04 Å². The fourth-order valence-corrected chi connectivity index (χ4v) is 1.14. The van der Waals surface area contributed by atoms with Crippen molar-refractivity contribution in [3.05, 3.63) is 17.5 Å². The predicted octanol–water partition coefficient (Wildman–Crippen LogP) is 1.13. The quantitative estimate of drug-likeness (QED) is 0.398. The lowest BCUT2D eigenvalue weighted by molar-refractivity contribution is -0.463. The summed E-state index contributed by atoms with van der Waals surface area (Å²) in [6.07, 6.45) is 3.31. The Labute approximate surface area is 101 Å². The molecule has 0 aliphatic carbocycles. The summed E-state index contributed by atoms with van der Waals surface area (Å²) in [6, 6.07) is -0.490. The summed E-state index contributed by atoms with van der Waals surface area (Å²) in [4.78, 5) is 11.4. The molecule has 0 fully saturated rings. The molecule has 0 aromatic heterocycles. The summed E-state index contributed by atoms with van der Waals surface area (Å²) in [5.41, 5.74) is 5.18. The van der Waals surface area contributed by atoms with Crippen LogP contribution in [0, 0.1) is 11.1 Å². The number of amides is 1. The normalized spacial score (nSPS) is 18.0. The molecule has 0 aromatic carbocycles. The van der Waals surface area contributed by atoms with Crippen LogP contribution in [0.2, 0.25) is 0 Å². The minimum atomic E-state index is -0.692. The number of rotatable bonds is 7. The Morgan fingerprint density at radius 1 is 1.59 bits per heavy atom. The largest absolute Gasteiger partial charge is 0.595 e. The number of hydrogen-bond acceptors (Lipinski definition) is 4. The van der Waals surface area contributed by atoms with E-state index >= 15 is 0 Å². The second-order valence-corrected chi connectivity index (χ2v) is 4.04. The first-order valence-electron chi connectivity index (χ1n) is 5.71. The van der Waals surface area contributed by atoms with Gasteiger partial charge in [-0.25, -0.2) is 0 Å². The number of primary amides is 1. The Kier molecular flexibility index (Phi) is 7.13. The Morgan fingerprint density at radius 2 is 2.18 bits per heavy atom. The molecule has 6 heteroatoms. The van der Waals surface area contributed by atoms with Gasteiger partial charge < -0.3 is 16.0 Å². The number of nitrogens with zero attached hydrogens (tertiary/aromatic N) is 2. The maximum absolute atomic E-state index is 11.3. The van der Waals surface area contributed by atoms with Crippen molar-refractivity contribution in [3.63, 3.8) is 0 Å². The molecule has 3 atom stereocenters. The van der Waals surface area contributed by atoms with Gasteiger partial charge in [0.2, 0.25) is 12.1 Å². The van der Waals surface area contributed by atoms with Crippen LogP contribution in [0.4, 0.5) is 0 Å². The lowest BCUT2D eigenvalue weighted by Crippen LogP contribution is -2.22. The molecule has 0 saturated heterocycles. The Balaban J connectivity index is 4.52. The van der Waals surface area contributed by atoms with Crippen LogP contribution >= 0.6 is 0 Å². The van der Waals surface area contributed by atoms with Gasteiger partial charge in [0, 0.05) is 0 Å². The highest BCUT2D eigenvalue weighted by molar-refractivity contribution is 5.78. The fraction of sp³-hybridized carbons (Fsp3) is 0.727. The van der Waals surface area contributed by atoms with Gasteiger partial charge in [-0.1, -0.05) is 18.2 Å². The lowest BCUT2D eigenvalue weighted by Gasteiger charge is -2.07. The minimum Gasteiger partial charge on any atom is -0.595 e. The first kappa shape index (κ1) is 15.6. The van der Waals surface area contributed by atoms with Crippen LogP contribution in [0.1, 0.15) is 33.6 Å². The van der Waals surface area contributed by atoms with E-state index in [0.29, 0.717) is 11.3 Å². The SMILES string of the molecule is CCCC(/C=C/[N+]([O-])=NC(C)C(C)O)C(N)=O. The van der Waals surface area contributed by atoms with Crippen molar-refractivity contribution in [1.82, 2.24) is 0 Å². The van der Waals surface area contributed by atoms with Crippen LogP contribution in [0.25, 0.3) is 0 Å². The number of carbonyl (C=O) groups is 1. The van der Waals surface area contributed by atoms with Gasteiger partial charge in [-0.3, -0.25) is 4.79 Å². The molecule has 0 rings (SSSR count). The molecule has 0 aromatic rings. The molecule has 1 amide bonds. The summed E-state index contributed by atoms with van der Waals surface area (Å²) >= 11 is 0. The average molecular weight is 243 g/mol. The summed E-state index contributed by atoms with van der Waals surface area (Å²) < 4.78 is 0. The highest BCUT2D eigenvalue weighted by Crippen LogP contribution is 2.07. The first-order valence-corrected chi connectivity index (χ1v) is 5.71. The van der Waals surface area contributed by atoms with Crippen LogP contribution in [-0.4, -0.2) is 28.0 Å². The van der Waals surface area contributed by atoms with Crippen molar-refractivity contribution in [2.24, 2.45) is 16.8 Å². The zero-order valence-electron chi connectivity index (χ0n) is 10.5. The molecular formula is C11H21N3O3. The molecule has 0 saturated carbocycles. The zero-order chi connectivity index (χ0) is 13.4. The van der Waals surface area contributed by atoms with Crippen LogP contribution in [0.15, 0.2) is 17.4 Å². The van der Waals surface area contributed by atoms with E-state index in [1.54, 1.807) is 13.8 Å². The number of carbonyl (C=O) groups excluding carboxylic acids is 1. The molecule has 6 nitrogen and oxygen atoms in total. The lowest BCUT2D eigenvalue weighted by atomic mass is 10.0. The highest BCUT2D eigenvalue weighted by Gasteiger charge is 2.13. The molecule has 0 heterocycles. The van der Waals surface area contributed by atoms with Gasteiger partial charge in [0.25, 0.3) is 0 Å². The van der Waals surface area contributed by atoms with E-state index in [1.165, 1.54) is 6.08 Å². The Hall–Kier alpha value is -1.43. The van der Waals surface area contributed by atoms with Gasteiger partial charge in [-0.15, -0.1) is 0 Å². The third-order valence-electron chi connectivity index (χ3n) is 2.41. The van der Waals surface area contributed by atoms with E-state index in [0.717, 1.165) is 12.6 Å².